The molecule has 136 valence electrons. The molecular weight excluding hydrogens is 340 g/mol. The second-order valence-corrected chi connectivity index (χ2v) is 6.48. The van der Waals surface area contributed by atoms with Crippen LogP contribution in [0.1, 0.15) is 21.7 Å². The molecular formula is C22H20N2O3. The predicted molar refractivity (Wildman–Crippen MR) is 104 cm³/mol. The normalized spacial score (nSPS) is 11.0. The summed E-state index contributed by atoms with van der Waals surface area (Å²) in [5, 5.41) is 5.78. The molecule has 0 aliphatic heterocycles. The van der Waals surface area contributed by atoms with E-state index in [4.69, 9.17) is 14.3 Å². The quantitative estimate of drug-likeness (QED) is 0.487. The molecule has 5 nitrogen and oxygen atoms in total. The van der Waals surface area contributed by atoms with E-state index < -0.39 is 5.97 Å². The van der Waals surface area contributed by atoms with Crippen LogP contribution in [0, 0.1) is 6.92 Å². The van der Waals surface area contributed by atoms with Gasteiger partial charge in [-0.1, -0.05) is 42.5 Å². The predicted octanol–water partition coefficient (Wildman–Crippen LogP) is 4.63. The zero-order chi connectivity index (χ0) is 18.8. The summed E-state index contributed by atoms with van der Waals surface area (Å²) in [6, 6.07) is 19.9. The Kier molecular flexibility index (Phi) is 4.50. The Morgan fingerprint density at radius 2 is 1.93 bits per heavy atom. The number of methoxy groups -OCH3 is 1. The Hall–Kier alpha value is -3.34. The Bertz CT molecular complexity index is 1090. The highest BCUT2D eigenvalue weighted by atomic mass is 16.5. The van der Waals surface area contributed by atoms with Gasteiger partial charge in [-0.15, -0.1) is 0 Å². The van der Waals surface area contributed by atoms with Crippen LogP contribution in [-0.4, -0.2) is 22.9 Å². The van der Waals surface area contributed by atoms with Gasteiger partial charge < -0.3 is 9.15 Å². The molecule has 0 aliphatic rings. The lowest BCUT2D eigenvalue weighted by atomic mass is 10.1. The summed E-state index contributed by atoms with van der Waals surface area (Å²) < 4.78 is 12.4. The largest absolute Gasteiger partial charge is 0.463 e. The van der Waals surface area contributed by atoms with Gasteiger partial charge in [0.15, 0.2) is 5.76 Å². The minimum Gasteiger partial charge on any atom is -0.463 e. The number of aromatic nitrogens is 2. The van der Waals surface area contributed by atoms with Gasteiger partial charge in [0.25, 0.3) is 0 Å². The molecule has 5 heteroatoms. The van der Waals surface area contributed by atoms with Crippen molar-refractivity contribution in [1.82, 2.24) is 9.78 Å². The van der Waals surface area contributed by atoms with Crippen LogP contribution in [0.2, 0.25) is 0 Å². The molecule has 0 spiro atoms. The molecule has 2 aromatic carbocycles. The summed E-state index contributed by atoms with van der Waals surface area (Å²) >= 11 is 0. The van der Waals surface area contributed by atoms with E-state index in [-0.39, 0.29) is 5.76 Å². The number of esters is 1. The number of benzene rings is 2. The standard InChI is InChI=1S/C22H20N2O3/c1-15-8-9-17-18(14-15)24(13-12-16-6-4-3-5-7-16)23-21(17)19-10-11-20(27-19)22(25)26-2/h3-11,14H,12-13H2,1-2H3. The second kappa shape index (κ2) is 7.11. The van der Waals surface area contributed by atoms with Gasteiger partial charge in [-0.2, -0.15) is 5.10 Å². The molecule has 0 saturated heterocycles. The van der Waals surface area contributed by atoms with Gasteiger partial charge in [-0.3, -0.25) is 4.68 Å². The zero-order valence-corrected chi connectivity index (χ0v) is 15.3. The number of hydrogen-bond donors (Lipinski definition) is 0. The SMILES string of the molecule is COC(=O)c1ccc(-c2nn(CCc3ccccc3)c3cc(C)ccc23)o1. The zero-order valence-electron chi connectivity index (χ0n) is 15.3. The maximum absolute atomic E-state index is 11.7. The van der Waals surface area contributed by atoms with Gasteiger partial charge in [0.1, 0.15) is 5.69 Å². The van der Waals surface area contributed by atoms with Crippen molar-refractivity contribution in [2.45, 2.75) is 19.9 Å². The number of ether oxygens (including phenoxy) is 1. The van der Waals surface area contributed by atoms with E-state index in [0.29, 0.717) is 5.76 Å². The highest BCUT2D eigenvalue weighted by Gasteiger charge is 2.18. The van der Waals surface area contributed by atoms with Gasteiger partial charge in [0.05, 0.1) is 12.6 Å². The number of carbonyl (C=O) groups excluding carboxylic acids is 1. The number of aryl methyl sites for hydroxylation is 3. The van der Waals surface area contributed by atoms with Crippen molar-refractivity contribution in [3.05, 3.63) is 77.6 Å². The van der Waals surface area contributed by atoms with Crippen molar-refractivity contribution >= 4 is 16.9 Å². The monoisotopic (exact) mass is 360 g/mol. The Morgan fingerprint density at radius 1 is 1.11 bits per heavy atom. The van der Waals surface area contributed by atoms with Crippen LogP contribution in [0.3, 0.4) is 0 Å². The Labute approximate surface area is 157 Å². The van der Waals surface area contributed by atoms with Gasteiger partial charge in [-0.05, 0) is 42.7 Å². The van der Waals surface area contributed by atoms with Crippen LogP contribution >= 0.6 is 0 Å². The first-order valence-corrected chi connectivity index (χ1v) is 8.85. The van der Waals surface area contributed by atoms with Crippen molar-refractivity contribution < 1.29 is 13.9 Å². The number of nitrogens with zero attached hydrogens (tertiary/aromatic N) is 2. The van der Waals surface area contributed by atoms with E-state index in [0.717, 1.165) is 29.6 Å². The number of carbonyl (C=O) groups is 1. The molecule has 0 N–H and O–H groups in total. The molecule has 0 bridgehead atoms. The highest BCUT2D eigenvalue weighted by Crippen LogP contribution is 2.30. The third-order valence-electron chi connectivity index (χ3n) is 4.59. The van der Waals surface area contributed by atoms with E-state index in [1.54, 1.807) is 12.1 Å². The van der Waals surface area contributed by atoms with Crippen molar-refractivity contribution in [1.29, 1.82) is 0 Å². The van der Waals surface area contributed by atoms with E-state index in [9.17, 15) is 4.79 Å². The molecule has 2 heterocycles. The third kappa shape index (κ3) is 3.36. The Morgan fingerprint density at radius 3 is 2.70 bits per heavy atom. The molecule has 0 fully saturated rings. The first-order valence-electron chi connectivity index (χ1n) is 8.85. The van der Waals surface area contributed by atoms with Crippen molar-refractivity contribution in [3.63, 3.8) is 0 Å². The smallest absolute Gasteiger partial charge is 0.373 e. The van der Waals surface area contributed by atoms with Gasteiger partial charge >= 0.3 is 5.97 Å². The van der Waals surface area contributed by atoms with Crippen LogP contribution in [0.4, 0.5) is 0 Å². The average molecular weight is 360 g/mol. The summed E-state index contributed by atoms with van der Waals surface area (Å²) in [7, 11) is 1.33. The summed E-state index contributed by atoms with van der Waals surface area (Å²) in [5.74, 6) is 0.235. The van der Waals surface area contributed by atoms with E-state index in [2.05, 4.69) is 31.2 Å². The fourth-order valence-electron chi connectivity index (χ4n) is 3.19. The maximum Gasteiger partial charge on any atom is 0.373 e. The second-order valence-electron chi connectivity index (χ2n) is 6.48. The van der Waals surface area contributed by atoms with Crippen molar-refractivity contribution in [2.24, 2.45) is 0 Å². The summed E-state index contributed by atoms with van der Waals surface area (Å²) in [4.78, 5) is 11.7. The summed E-state index contributed by atoms with van der Waals surface area (Å²) in [5.41, 5.74) is 4.22. The number of fused-ring (bicyclic) bond motifs is 1. The first kappa shape index (κ1) is 17.1. The number of rotatable bonds is 5. The molecule has 4 rings (SSSR count). The van der Waals surface area contributed by atoms with Crippen LogP contribution in [0.5, 0.6) is 0 Å². The van der Waals surface area contributed by atoms with Crippen molar-refractivity contribution in [3.8, 4) is 11.5 Å². The Balaban J connectivity index is 1.73. The van der Waals surface area contributed by atoms with Crippen LogP contribution in [0.25, 0.3) is 22.4 Å². The van der Waals surface area contributed by atoms with E-state index in [1.807, 2.05) is 28.9 Å². The minimum absolute atomic E-state index is 0.173. The molecule has 0 unspecified atom stereocenters. The molecule has 0 aliphatic carbocycles. The fourth-order valence-corrected chi connectivity index (χ4v) is 3.19. The molecule has 0 amide bonds. The van der Waals surface area contributed by atoms with Crippen LogP contribution in [0.15, 0.2) is 65.1 Å². The lowest BCUT2D eigenvalue weighted by Crippen LogP contribution is -2.03. The van der Waals surface area contributed by atoms with Gasteiger partial charge in [-0.25, -0.2) is 4.79 Å². The lowest BCUT2D eigenvalue weighted by molar-refractivity contribution is 0.0566. The topological polar surface area (TPSA) is 57.3 Å². The highest BCUT2D eigenvalue weighted by molar-refractivity contribution is 5.93. The molecule has 4 aromatic rings. The van der Waals surface area contributed by atoms with Crippen LogP contribution < -0.4 is 0 Å². The van der Waals surface area contributed by atoms with Crippen molar-refractivity contribution in [2.75, 3.05) is 7.11 Å². The van der Waals surface area contributed by atoms with E-state index >= 15 is 0 Å². The molecule has 0 radical (unpaired) electrons. The summed E-state index contributed by atoms with van der Waals surface area (Å²) in [6.07, 6.45) is 0.885. The molecule has 0 saturated carbocycles. The first-order chi connectivity index (χ1) is 13.2. The molecule has 27 heavy (non-hydrogen) atoms. The minimum atomic E-state index is -0.495. The van der Waals surface area contributed by atoms with Crippen LogP contribution in [-0.2, 0) is 17.7 Å². The van der Waals surface area contributed by atoms with Gasteiger partial charge in [0.2, 0.25) is 5.76 Å². The fraction of sp³-hybridized carbons (Fsp3) is 0.182. The maximum atomic E-state index is 11.7. The average Bonchev–Trinajstić information content (AvgIpc) is 3.31. The third-order valence-corrected chi connectivity index (χ3v) is 4.59. The number of hydrogen-bond acceptors (Lipinski definition) is 4. The molecule has 2 aromatic heterocycles. The summed E-state index contributed by atoms with van der Waals surface area (Å²) in [6.45, 7) is 2.82. The van der Waals surface area contributed by atoms with E-state index in [1.165, 1.54) is 18.2 Å². The number of furan rings is 1. The molecule has 0 atom stereocenters. The lowest BCUT2D eigenvalue weighted by Gasteiger charge is -2.04. The van der Waals surface area contributed by atoms with Gasteiger partial charge in [0, 0.05) is 11.9 Å².